The molecule has 0 N–H and O–H groups in total. The summed E-state index contributed by atoms with van der Waals surface area (Å²) in [4.78, 5) is 15.0. The van der Waals surface area contributed by atoms with Crippen LogP contribution in [0.3, 0.4) is 0 Å². The van der Waals surface area contributed by atoms with Gasteiger partial charge in [-0.25, -0.2) is 9.78 Å². The first-order valence-electron chi connectivity index (χ1n) is 3.38. The number of carbonyl (C=O) groups excluding carboxylic acids is 1. The number of aromatic nitrogens is 1. The molecule has 1 aromatic heterocycles. The van der Waals surface area contributed by atoms with Gasteiger partial charge in [-0.15, -0.1) is 12.4 Å². The van der Waals surface area contributed by atoms with E-state index in [0.717, 1.165) is 5.69 Å². The SMILES string of the molecule is COC(=O)c1cccc(CBr)n1.Cl. The second-order valence-corrected chi connectivity index (χ2v) is 2.70. The molecule has 1 rings (SSSR count). The number of nitrogens with zero attached hydrogens (tertiary/aromatic N) is 1. The van der Waals surface area contributed by atoms with Crippen LogP contribution in [-0.2, 0) is 10.1 Å². The van der Waals surface area contributed by atoms with E-state index < -0.39 is 5.97 Å². The predicted octanol–water partition coefficient (Wildman–Crippen LogP) is 2.18. The normalized spacial score (nSPS) is 8.77. The maximum absolute atomic E-state index is 11.0. The highest BCUT2D eigenvalue weighted by atomic mass is 79.9. The van der Waals surface area contributed by atoms with E-state index >= 15 is 0 Å². The summed E-state index contributed by atoms with van der Waals surface area (Å²) in [6.45, 7) is 0. The summed E-state index contributed by atoms with van der Waals surface area (Å²) in [6.07, 6.45) is 0. The average Bonchev–Trinajstić information content (AvgIpc) is 2.17. The molecule has 1 aromatic rings. The summed E-state index contributed by atoms with van der Waals surface area (Å²) < 4.78 is 4.52. The van der Waals surface area contributed by atoms with Gasteiger partial charge in [0, 0.05) is 5.33 Å². The van der Waals surface area contributed by atoms with Crippen molar-refractivity contribution in [2.24, 2.45) is 0 Å². The number of ether oxygens (including phenoxy) is 1. The summed E-state index contributed by atoms with van der Waals surface area (Å²) in [6, 6.07) is 5.23. The minimum absolute atomic E-state index is 0. The molecule has 0 bridgehead atoms. The summed E-state index contributed by atoms with van der Waals surface area (Å²) >= 11 is 3.25. The van der Waals surface area contributed by atoms with Crippen LogP contribution in [0.1, 0.15) is 16.2 Å². The maximum atomic E-state index is 11.0. The zero-order valence-electron chi connectivity index (χ0n) is 6.99. The van der Waals surface area contributed by atoms with Crippen LogP contribution in [0.2, 0.25) is 0 Å². The molecule has 0 saturated carbocycles. The Bertz CT molecular complexity index is 293. The number of alkyl halides is 1. The van der Waals surface area contributed by atoms with Crippen LogP contribution in [-0.4, -0.2) is 18.1 Å². The standard InChI is InChI=1S/C8H8BrNO2.ClH/c1-12-8(11)7-4-2-3-6(5-9)10-7;/h2-4H,5H2,1H3;1H. The molecule has 0 fully saturated rings. The van der Waals surface area contributed by atoms with Crippen LogP contribution in [0.4, 0.5) is 0 Å². The lowest BCUT2D eigenvalue weighted by Gasteiger charge is -1.99. The molecule has 0 radical (unpaired) electrons. The fourth-order valence-corrected chi connectivity index (χ4v) is 1.08. The Morgan fingerprint density at radius 1 is 1.62 bits per heavy atom. The number of carbonyl (C=O) groups is 1. The lowest BCUT2D eigenvalue weighted by molar-refractivity contribution is 0.0594. The molecule has 72 valence electrons. The van der Waals surface area contributed by atoms with Gasteiger partial charge in [-0.2, -0.15) is 0 Å². The first-order chi connectivity index (χ1) is 5.77. The molecule has 0 aliphatic rings. The maximum Gasteiger partial charge on any atom is 0.356 e. The van der Waals surface area contributed by atoms with Gasteiger partial charge in [0.05, 0.1) is 12.8 Å². The monoisotopic (exact) mass is 265 g/mol. The van der Waals surface area contributed by atoms with Crippen LogP contribution in [0, 0.1) is 0 Å². The lowest BCUT2D eigenvalue weighted by atomic mass is 10.3. The van der Waals surface area contributed by atoms with Gasteiger partial charge in [0.2, 0.25) is 0 Å². The van der Waals surface area contributed by atoms with Crippen molar-refractivity contribution < 1.29 is 9.53 Å². The number of esters is 1. The molecular formula is C8H9BrClNO2. The molecule has 5 heteroatoms. The Labute approximate surface area is 91.0 Å². The van der Waals surface area contributed by atoms with Gasteiger partial charge >= 0.3 is 5.97 Å². The fraction of sp³-hybridized carbons (Fsp3) is 0.250. The van der Waals surface area contributed by atoms with Gasteiger partial charge in [0.1, 0.15) is 5.69 Å². The lowest BCUT2D eigenvalue weighted by Crippen LogP contribution is -2.04. The number of halogens is 2. The summed E-state index contributed by atoms with van der Waals surface area (Å²) in [7, 11) is 1.34. The number of hydrogen-bond acceptors (Lipinski definition) is 3. The third kappa shape index (κ3) is 3.32. The Kier molecular flexibility index (Phi) is 5.66. The highest BCUT2D eigenvalue weighted by Crippen LogP contribution is 2.04. The number of hydrogen-bond donors (Lipinski definition) is 0. The molecule has 0 unspecified atom stereocenters. The average molecular weight is 267 g/mol. The number of rotatable bonds is 2. The summed E-state index contributed by atoms with van der Waals surface area (Å²) in [5, 5.41) is 0.637. The zero-order chi connectivity index (χ0) is 8.97. The van der Waals surface area contributed by atoms with E-state index in [1.54, 1.807) is 12.1 Å². The van der Waals surface area contributed by atoms with Crippen molar-refractivity contribution in [3.05, 3.63) is 29.6 Å². The Morgan fingerprint density at radius 2 is 2.31 bits per heavy atom. The highest BCUT2D eigenvalue weighted by molar-refractivity contribution is 9.08. The van der Waals surface area contributed by atoms with Crippen molar-refractivity contribution in [3.63, 3.8) is 0 Å². The van der Waals surface area contributed by atoms with E-state index in [1.807, 2.05) is 6.07 Å². The Morgan fingerprint density at radius 3 is 2.85 bits per heavy atom. The van der Waals surface area contributed by atoms with E-state index in [2.05, 4.69) is 25.7 Å². The van der Waals surface area contributed by atoms with E-state index in [-0.39, 0.29) is 12.4 Å². The molecule has 0 spiro atoms. The van der Waals surface area contributed by atoms with Crippen molar-refractivity contribution in [1.82, 2.24) is 4.98 Å². The van der Waals surface area contributed by atoms with Crippen molar-refractivity contribution in [3.8, 4) is 0 Å². The second kappa shape index (κ2) is 5.94. The van der Waals surface area contributed by atoms with Gasteiger partial charge in [-0.05, 0) is 12.1 Å². The molecule has 0 aliphatic heterocycles. The number of pyridine rings is 1. The molecule has 0 amide bonds. The van der Waals surface area contributed by atoms with Crippen molar-refractivity contribution >= 4 is 34.3 Å². The molecular weight excluding hydrogens is 257 g/mol. The van der Waals surface area contributed by atoms with Crippen molar-refractivity contribution in [1.29, 1.82) is 0 Å². The second-order valence-electron chi connectivity index (χ2n) is 2.14. The Hall–Kier alpha value is -0.610. The van der Waals surface area contributed by atoms with E-state index in [1.165, 1.54) is 7.11 Å². The van der Waals surface area contributed by atoms with E-state index in [0.29, 0.717) is 11.0 Å². The number of methoxy groups -OCH3 is 1. The molecule has 0 saturated heterocycles. The predicted molar refractivity (Wildman–Crippen MR) is 55.5 cm³/mol. The molecule has 0 aromatic carbocycles. The minimum atomic E-state index is -0.405. The first kappa shape index (κ1) is 12.4. The fourth-order valence-electron chi connectivity index (χ4n) is 0.772. The topological polar surface area (TPSA) is 39.2 Å². The molecule has 1 heterocycles. The van der Waals surface area contributed by atoms with Gasteiger partial charge in [-0.3, -0.25) is 0 Å². The van der Waals surface area contributed by atoms with Gasteiger partial charge in [0.15, 0.2) is 0 Å². The third-order valence-corrected chi connectivity index (χ3v) is 1.91. The largest absolute Gasteiger partial charge is 0.464 e. The quantitative estimate of drug-likeness (QED) is 0.608. The third-order valence-electron chi connectivity index (χ3n) is 1.34. The van der Waals surface area contributed by atoms with Crippen LogP contribution < -0.4 is 0 Å². The van der Waals surface area contributed by atoms with Crippen LogP contribution in [0.5, 0.6) is 0 Å². The zero-order valence-corrected chi connectivity index (χ0v) is 9.39. The van der Waals surface area contributed by atoms with E-state index in [9.17, 15) is 4.79 Å². The van der Waals surface area contributed by atoms with Gasteiger partial charge < -0.3 is 4.74 Å². The highest BCUT2D eigenvalue weighted by Gasteiger charge is 2.06. The van der Waals surface area contributed by atoms with Crippen LogP contribution >= 0.6 is 28.3 Å². The first-order valence-corrected chi connectivity index (χ1v) is 4.50. The van der Waals surface area contributed by atoms with Gasteiger partial charge in [-0.1, -0.05) is 22.0 Å². The summed E-state index contributed by atoms with van der Waals surface area (Å²) in [5.41, 5.74) is 1.16. The molecule has 3 nitrogen and oxygen atoms in total. The summed E-state index contributed by atoms with van der Waals surface area (Å²) in [5.74, 6) is -0.405. The molecule has 0 aliphatic carbocycles. The van der Waals surface area contributed by atoms with Gasteiger partial charge in [0.25, 0.3) is 0 Å². The van der Waals surface area contributed by atoms with Crippen molar-refractivity contribution in [2.45, 2.75) is 5.33 Å². The smallest absolute Gasteiger partial charge is 0.356 e. The molecule has 13 heavy (non-hydrogen) atoms. The van der Waals surface area contributed by atoms with Crippen molar-refractivity contribution in [2.75, 3.05) is 7.11 Å². The minimum Gasteiger partial charge on any atom is -0.464 e. The Balaban J connectivity index is 0.00000144. The van der Waals surface area contributed by atoms with Crippen LogP contribution in [0.25, 0.3) is 0 Å². The molecule has 0 atom stereocenters. The van der Waals surface area contributed by atoms with Crippen LogP contribution in [0.15, 0.2) is 18.2 Å². The van der Waals surface area contributed by atoms with E-state index in [4.69, 9.17) is 0 Å².